The Hall–Kier alpha value is -2.78. The Balaban J connectivity index is 1.64. The highest BCUT2D eigenvalue weighted by Gasteiger charge is 2.26. The van der Waals surface area contributed by atoms with E-state index < -0.39 is 4.92 Å². The molecule has 2 aromatic rings. The first kappa shape index (κ1) is 14.2. The topological polar surface area (TPSA) is 135 Å². The number of H-pyrrole nitrogens is 1. The van der Waals surface area contributed by atoms with Gasteiger partial charge in [0.2, 0.25) is 11.8 Å². The van der Waals surface area contributed by atoms with Crippen molar-refractivity contribution in [1.29, 1.82) is 0 Å². The highest BCUT2D eigenvalue weighted by Crippen LogP contribution is 2.29. The number of nitrogens with zero attached hydrogens (tertiary/aromatic N) is 5. The van der Waals surface area contributed by atoms with Gasteiger partial charge in [-0.2, -0.15) is 10.1 Å². The van der Waals surface area contributed by atoms with E-state index in [1.54, 1.807) is 0 Å². The first-order chi connectivity index (χ1) is 10.6. The van der Waals surface area contributed by atoms with Gasteiger partial charge in [-0.15, -0.1) is 0 Å². The summed E-state index contributed by atoms with van der Waals surface area (Å²) in [5, 5.41) is 23.9. The van der Waals surface area contributed by atoms with Gasteiger partial charge in [-0.05, 0) is 19.8 Å². The maximum absolute atomic E-state index is 11.0. The minimum Gasteiger partial charge on any atom is -0.361 e. The molecule has 1 aliphatic carbocycles. The van der Waals surface area contributed by atoms with Crippen LogP contribution < -0.4 is 10.6 Å². The van der Waals surface area contributed by atoms with Gasteiger partial charge in [0.15, 0.2) is 5.82 Å². The lowest BCUT2D eigenvalue weighted by Crippen LogP contribution is -2.12. The highest BCUT2D eigenvalue weighted by molar-refractivity contribution is 5.58. The minimum absolute atomic E-state index is 0.109. The molecule has 0 amide bonds. The van der Waals surface area contributed by atoms with Crippen molar-refractivity contribution in [1.82, 2.24) is 25.1 Å². The average molecular weight is 304 g/mol. The first-order valence-electron chi connectivity index (χ1n) is 7.01. The number of aromatic amines is 1. The first-order valence-corrected chi connectivity index (χ1v) is 7.01. The van der Waals surface area contributed by atoms with Crippen LogP contribution in [0.1, 0.15) is 24.5 Å². The van der Waals surface area contributed by atoms with E-state index in [-0.39, 0.29) is 17.5 Å². The molecule has 0 saturated heterocycles. The summed E-state index contributed by atoms with van der Waals surface area (Å²) >= 11 is 0. The van der Waals surface area contributed by atoms with Crippen LogP contribution in [0, 0.1) is 17.0 Å². The van der Waals surface area contributed by atoms with Gasteiger partial charge in [0.25, 0.3) is 0 Å². The van der Waals surface area contributed by atoms with Gasteiger partial charge < -0.3 is 10.6 Å². The molecule has 2 heterocycles. The van der Waals surface area contributed by atoms with Crippen molar-refractivity contribution >= 4 is 17.5 Å². The Morgan fingerprint density at radius 2 is 2.27 bits per heavy atom. The second-order valence-electron chi connectivity index (χ2n) is 5.12. The number of hydrogen-bond donors (Lipinski definition) is 3. The third-order valence-electron chi connectivity index (χ3n) is 3.16. The lowest BCUT2D eigenvalue weighted by atomic mass is 10.4. The molecule has 10 nitrogen and oxygen atoms in total. The average Bonchev–Trinajstić information content (AvgIpc) is 3.19. The summed E-state index contributed by atoms with van der Waals surface area (Å²) in [7, 11) is 0. The van der Waals surface area contributed by atoms with Crippen LogP contribution >= 0.6 is 0 Å². The number of rotatable bonds is 7. The van der Waals surface area contributed by atoms with Crippen molar-refractivity contribution in [3.05, 3.63) is 28.0 Å². The van der Waals surface area contributed by atoms with Crippen molar-refractivity contribution < 1.29 is 4.92 Å². The van der Waals surface area contributed by atoms with Gasteiger partial charge in [0, 0.05) is 19.0 Å². The monoisotopic (exact) mass is 304 g/mol. The molecule has 0 radical (unpaired) electrons. The fraction of sp³-hybridized carbons (Fsp3) is 0.500. The molecular weight excluding hydrogens is 288 g/mol. The maximum atomic E-state index is 11.0. The van der Waals surface area contributed by atoms with Gasteiger partial charge in [0.05, 0.1) is 4.92 Å². The fourth-order valence-corrected chi connectivity index (χ4v) is 1.91. The van der Waals surface area contributed by atoms with Gasteiger partial charge in [0.1, 0.15) is 12.0 Å². The SMILES string of the molecule is Cc1nc(CCNc2ncc([N+](=O)[O-])c(NC3CC3)n2)n[nH]1. The molecule has 22 heavy (non-hydrogen) atoms. The van der Waals surface area contributed by atoms with Crippen LogP contribution in [0.25, 0.3) is 0 Å². The third kappa shape index (κ3) is 3.45. The van der Waals surface area contributed by atoms with Crippen molar-refractivity contribution in [2.45, 2.75) is 32.2 Å². The van der Waals surface area contributed by atoms with Crippen molar-refractivity contribution in [2.24, 2.45) is 0 Å². The predicted molar refractivity (Wildman–Crippen MR) is 78.6 cm³/mol. The molecule has 10 heteroatoms. The number of anilines is 2. The molecule has 0 aromatic carbocycles. The van der Waals surface area contributed by atoms with Crippen molar-refractivity contribution in [3.63, 3.8) is 0 Å². The van der Waals surface area contributed by atoms with Crippen LogP contribution in [0.3, 0.4) is 0 Å². The van der Waals surface area contributed by atoms with Gasteiger partial charge in [-0.1, -0.05) is 0 Å². The normalized spacial score (nSPS) is 13.9. The zero-order valence-electron chi connectivity index (χ0n) is 12.0. The Kier molecular flexibility index (Phi) is 3.81. The Labute approximate surface area is 125 Å². The van der Waals surface area contributed by atoms with E-state index in [1.807, 2.05) is 6.92 Å². The maximum Gasteiger partial charge on any atom is 0.329 e. The van der Waals surface area contributed by atoms with Crippen LogP contribution in [-0.4, -0.2) is 42.7 Å². The van der Waals surface area contributed by atoms with E-state index in [1.165, 1.54) is 6.20 Å². The number of hydrogen-bond acceptors (Lipinski definition) is 8. The summed E-state index contributed by atoms with van der Waals surface area (Å²) in [6, 6.07) is 0.276. The van der Waals surface area contributed by atoms with Gasteiger partial charge in [-0.3, -0.25) is 15.2 Å². The number of aryl methyl sites for hydroxylation is 1. The molecule has 1 fully saturated rings. The summed E-state index contributed by atoms with van der Waals surface area (Å²) in [5.41, 5.74) is -0.109. The second kappa shape index (κ2) is 5.92. The Bertz CT molecular complexity index is 682. The fourth-order valence-electron chi connectivity index (χ4n) is 1.91. The lowest BCUT2D eigenvalue weighted by Gasteiger charge is -2.07. The van der Waals surface area contributed by atoms with Crippen LogP contribution in [0.4, 0.5) is 17.5 Å². The van der Waals surface area contributed by atoms with E-state index in [0.29, 0.717) is 24.7 Å². The highest BCUT2D eigenvalue weighted by atomic mass is 16.6. The molecular formula is C12H16N8O2. The minimum atomic E-state index is -0.481. The quantitative estimate of drug-likeness (QED) is 0.510. The van der Waals surface area contributed by atoms with E-state index in [2.05, 4.69) is 35.8 Å². The Morgan fingerprint density at radius 3 is 2.91 bits per heavy atom. The summed E-state index contributed by atoms with van der Waals surface area (Å²) in [5.74, 6) is 2.07. The summed E-state index contributed by atoms with van der Waals surface area (Å²) in [4.78, 5) is 22.9. The van der Waals surface area contributed by atoms with Crippen molar-refractivity contribution in [3.8, 4) is 0 Å². The second-order valence-corrected chi connectivity index (χ2v) is 5.12. The molecule has 0 atom stereocenters. The summed E-state index contributed by atoms with van der Waals surface area (Å²) in [6.45, 7) is 2.37. The molecule has 1 aliphatic rings. The van der Waals surface area contributed by atoms with E-state index in [9.17, 15) is 10.1 Å². The Morgan fingerprint density at radius 1 is 1.45 bits per heavy atom. The van der Waals surface area contributed by atoms with Crippen LogP contribution in [0.15, 0.2) is 6.20 Å². The molecule has 1 saturated carbocycles. The summed E-state index contributed by atoms with van der Waals surface area (Å²) in [6.07, 6.45) is 3.84. The molecule has 0 unspecified atom stereocenters. The smallest absolute Gasteiger partial charge is 0.329 e. The predicted octanol–water partition coefficient (Wildman–Crippen LogP) is 1.04. The zero-order valence-corrected chi connectivity index (χ0v) is 12.0. The number of nitrogens with one attached hydrogen (secondary N) is 3. The molecule has 0 bridgehead atoms. The van der Waals surface area contributed by atoms with Crippen LogP contribution in [-0.2, 0) is 6.42 Å². The molecule has 3 N–H and O–H groups in total. The largest absolute Gasteiger partial charge is 0.361 e. The molecule has 3 rings (SSSR count). The number of nitro groups is 1. The van der Waals surface area contributed by atoms with Crippen LogP contribution in [0.5, 0.6) is 0 Å². The van der Waals surface area contributed by atoms with Crippen LogP contribution in [0.2, 0.25) is 0 Å². The third-order valence-corrected chi connectivity index (χ3v) is 3.16. The van der Waals surface area contributed by atoms with Gasteiger partial charge >= 0.3 is 5.69 Å². The van der Waals surface area contributed by atoms with E-state index in [4.69, 9.17) is 0 Å². The summed E-state index contributed by atoms with van der Waals surface area (Å²) < 4.78 is 0. The zero-order chi connectivity index (χ0) is 15.5. The van der Waals surface area contributed by atoms with E-state index in [0.717, 1.165) is 18.7 Å². The standard InChI is InChI=1S/C12H16N8O2/c1-7-15-10(19-18-7)4-5-13-12-14-6-9(20(21)22)11(17-12)16-8-2-3-8/h6,8H,2-5H2,1H3,(H,15,18,19)(H2,13,14,16,17). The molecule has 116 valence electrons. The molecule has 0 aliphatic heterocycles. The van der Waals surface area contributed by atoms with Crippen molar-refractivity contribution in [2.75, 3.05) is 17.2 Å². The molecule has 0 spiro atoms. The molecule has 2 aromatic heterocycles. The number of aromatic nitrogens is 5. The van der Waals surface area contributed by atoms with Gasteiger partial charge in [-0.25, -0.2) is 9.97 Å². The lowest BCUT2D eigenvalue weighted by molar-refractivity contribution is -0.384. The van der Waals surface area contributed by atoms with E-state index >= 15 is 0 Å².